The summed E-state index contributed by atoms with van der Waals surface area (Å²) in [5.74, 6) is 2.06. The van der Waals surface area contributed by atoms with Crippen LogP contribution >= 0.6 is 0 Å². The molecule has 4 rings (SSSR count). The van der Waals surface area contributed by atoms with Crippen LogP contribution in [0, 0.1) is 22.7 Å². The maximum absolute atomic E-state index is 12.3. The zero-order valence-corrected chi connectivity index (χ0v) is 13.3. The summed E-state index contributed by atoms with van der Waals surface area (Å²) < 4.78 is 0. The van der Waals surface area contributed by atoms with Gasteiger partial charge in [-0.05, 0) is 55.8 Å². The van der Waals surface area contributed by atoms with Gasteiger partial charge in [0.15, 0.2) is 0 Å². The summed E-state index contributed by atoms with van der Waals surface area (Å²) in [4.78, 5) is 24.2. The minimum atomic E-state index is -0.0630. The van der Waals surface area contributed by atoms with Crippen molar-refractivity contribution in [3.05, 3.63) is 11.1 Å². The molecule has 0 radical (unpaired) electrons. The molecule has 0 bridgehead atoms. The van der Waals surface area contributed by atoms with Gasteiger partial charge in [0.25, 0.3) is 0 Å². The molecule has 4 atom stereocenters. The first-order valence-electron chi connectivity index (χ1n) is 8.72. The molecule has 0 heterocycles. The third-order valence-corrected chi connectivity index (χ3v) is 7.52. The number of carbonyl (C=O) groups is 2. The van der Waals surface area contributed by atoms with Crippen molar-refractivity contribution in [1.82, 2.24) is 0 Å². The molecule has 21 heavy (non-hydrogen) atoms. The summed E-state index contributed by atoms with van der Waals surface area (Å²) in [5.41, 5.74) is 3.51. The second-order valence-electron chi connectivity index (χ2n) is 8.33. The van der Waals surface area contributed by atoms with Gasteiger partial charge in [-0.1, -0.05) is 25.0 Å². The van der Waals surface area contributed by atoms with E-state index in [-0.39, 0.29) is 10.8 Å². The molecule has 0 aromatic heterocycles. The molecular formula is C19H26O2. The van der Waals surface area contributed by atoms with Gasteiger partial charge in [0.05, 0.1) is 0 Å². The largest absolute Gasteiger partial charge is 0.300 e. The van der Waals surface area contributed by atoms with Crippen LogP contribution in [0.2, 0.25) is 0 Å². The van der Waals surface area contributed by atoms with Crippen LogP contribution in [-0.4, -0.2) is 11.6 Å². The lowest BCUT2D eigenvalue weighted by Crippen LogP contribution is -2.44. The molecule has 4 aliphatic rings. The molecule has 4 aliphatic carbocycles. The molecule has 0 aliphatic heterocycles. The van der Waals surface area contributed by atoms with Crippen molar-refractivity contribution >= 4 is 11.6 Å². The SMILES string of the molecule is C[C@@]12CCC3=C(CC[C@@H]4CC(=O)CC[C@]34C)[C@H]1CCC2=O. The lowest BCUT2D eigenvalue weighted by atomic mass is 9.52. The molecular weight excluding hydrogens is 260 g/mol. The maximum Gasteiger partial charge on any atom is 0.139 e. The van der Waals surface area contributed by atoms with Crippen molar-refractivity contribution in [1.29, 1.82) is 0 Å². The van der Waals surface area contributed by atoms with Gasteiger partial charge in [-0.25, -0.2) is 0 Å². The monoisotopic (exact) mass is 286 g/mol. The summed E-state index contributed by atoms with van der Waals surface area (Å²) in [6.45, 7) is 4.63. The van der Waals surface area contributed by atoms with Crippen LogP contribution in [0.4, 0.5) is 0 Å². The first-order chi connectivity index (χ1) is 9.95. The van der Waals surface area contributed by atoms with Gasteiger partial charge in [0.1, 0.15) is 11.6 Å². The average Bonchev–Trinajstić information content (AvgIpc) is 2.76. The Hall–Kier alpha value is -0.920. The lowest BCUT2D eigenvalue weighted by Gasteiger charge is -2.52. The number of hydrogen-bond donors (Lipinski definition) is 0. The molecule has 2 saturated carbocycles. The summed E-state index contributed by atoms with van der Waals surface area (Å²) in [6.07, 6.45) is 8.95. The van der Waals surface area contributed by atoms with Crippen molar-refractivity contribution < 1.29 is 9.59 Å². The third kappa shape index (κ3) is 1.71. The van der Waals surface area contributed by atoms with Gasteiger partial charge < -0.3 is 0 Å². The second kappa shape index (κ2) is 4.30. The molecule has 2 nitrogen and oxygen atoms in total. The quantitative estimate of drug-likeness (QED) is 0.624. The predicted molar refractivity (Wildman–Crippen MR) is 81.8 cm³/mol. The van der Waals surface area contributed by atoms with Crippen LogP contribution in [0.1, 0.15) is 71.6 Å². The fourth-order valence-corrected chi connectivity index (χ4v) is 6.03. The molecule has 0 spiro atoms. The van der Waals surface area contributed by atoms with E-state index in [9.17, 15) is 9.59 Å². The van der Waals surface area contributed by atoms with Crippen LogP contribution in [0.3, 0.4) is 0 Å². The Balaban J connectivity index is 1.76. The van der Waals surface area contributed by atoms with E-state index in [0.717, 1.165) is 51.4 Å². The standard InChI is InChI=1S/C19H26O2/c1-18-9-7-13(20)11-12(18)3-4-14-15-5-6-17(21)19(15,2)10-8-16(14)18/h12,15H,3-11H2,1-2H3/t12-,15-,18+,19-/m1/s1. The molecule has 0 amide bonds. The number of rotatable bonds is 0. The molecule has 0 unspecified atom stereocenters. The van der Waals surface area contributed by atoms with Crippen LogP contribution in [0.5, 0.6) is 0 Å². The highest BCUT2D eigenvalue weighted by Crippen LogP contribution is 2.62. The Labute approximate surface area is 127 Å². The summed E-state index contributed by atoms with van der Waals surface area (Å²) >= 11 is 0. The van der Waals surface area contributed by atoms with Crippen molar-refractivity contribution in [3.63, 3.8) is 0 Å². The number of fused-ring (bicyclic) bond motifs is 4. The molecule has 2 heteroatoms. The number of hydrogen-bond acceptors (Lipinski definition) is 2. The lowest BCUT2D eigenvalue weighted by molar-refractivity contribution is -0.126. The molecule has 114 valence electrons. The summed E-state index contributed by atoms with van der Waals surface area (Å²) in [5, 5.41) is 0. The van der Waals surface area contributed by atoms with E-state index < -0.39 is 0 Å². The smallest absolute Gasteiger partial charge is 0.139 e. The van der Waals surface area contributed by atoms with E-state index in [0.29, 0.717) is 23.4 Å². The van der Waals surface area contributed by atoms with Crippen molar-refractivity contribution in [3.8, 4) is 0 Å². The fraction of sp³-hybridized carbons (Fsp3) is 0.789. The van der Waals surface area contributed by atoms with Gasteiger partial charge in [-0.15, -0.1) is 0 Å². The molecule has 0 N–H and O–H groups in total. The Morgan fingerprint density at radius 2 is 1.67 bits per heavy atom. The highest BCUT2D eigenvalue weighted by atomic mass is 16.1. The molecule has 0 aromatic rings. The number of allylic oxidation sites excluding steroid dienone is 2. The molecule has 0 aromatic carbocycles. The van der Waals surface area contributed by atoms with Crippen LogP contribution in [-0.2, 0) is 9.59 Å². The maximum atomic E-state index is 12.3. The van der Waals surface area contributed by atoms with Crippen molar-refractivity contribution in [2.45, 2.75) is 71.6 Å². The van der Waals surface area contributed by atoms with E-state index in [1.54, 1.807) is 11.1 Å². The average molecular weight is 286 g/mol. The summed E-state index contributed by atoms with van der Waals surface area (Å²) in [7, 11) is 0. The Morgan fingerprint density at radius 3 is 2.48 bits per heavy atom. The van der Waals surface area contributed by atoms with Crippen LogP contribution < -0.4 is 0 Å². The van der Waals surface area contributed by atoms with E-state index >= 15 is 0 Å². The Kier molecular flexibility index (Phi) is 2.81. The molecule has 2 fully saturated rings. The van der Waals surface area contributed by atoms with E-state index in [4.69, 9.17) is 0 Å². The van der Waals surface area contributed by atoms with Gasteiger partial charge in [-0.2, -0.15) is 0 Å². The predicted octanol–water partition coefficient (Wildman–Crippen LogP) is 4.23. The van der Waals surface area contributed by atoms with Crippen molar-refractivity contribution in [2.75, 3.05) is 0 Å². The second-order valence-corrected chi connectivity index (χ2v) is 8.33. The Bertz CT molecular complexity index is 558. The highest BCUT2D eigenvalue weighted by Gasteiger charge is 2.54. The third-order valence-electron chi connectivity index (χ3n) is 7.52. The minimum absolute atomic E-state index is 0.0630. The van der Waals surface area contributed by atoms with Gasteiger partial charge in [-0.3, -0.25) is 9.59 Å². The number of carbonyl (C=O) groups excluding carboxylic acids is 2. The Morgan fingerprint density at radius 1 is 0.905 bits per heavy atom. The molecule has 0 saturated heterocycles. The fourth-order valence-electron chi connectivity index (χ4n) is 6.03. The van der Waals surface area contributed by atoms with Crippen LogP contribution in [0.25, 0.3) is 0 Å². The summed E-state index contributed by atoms with van der Waals surface area (Å²) in [6, 6.07) is 0. The minimum Gasteiger partial charge on any atom is -0.300 e. The first-order valence-corrected chi connectivity index (χ1v) is 8.72. The van der Waals surface area contributed by atoms with Gasteiger partial charge >= 0.3 is 0 Å². The first kappa shape index (κ1) is 13.7. The zero-order chi connectivity index (χ0) is 14.8. The highest BCUT2D eigenvalue weighted by molar-refractivity contribution is 5.88. The van der Waals surface area contributed by atoms with E-state index in [1.807, 2.05) is 0 Å². The van der Waals surface area contributed by atoms with E-state index in [1.165, 1.54) is 6.42 Å². The normalized spacial score (nSPS) is 46.2. The van der Waals surface area contributed by atoms with Crippen molar-refractivity contribution in [2.24, 2.45) is 22.7 Å². The topological polar surface area (TPSA) is 34.1 Å². The van der Waals surface area contributed by atoms with E-state index in [2.05, 4.69) is 13.8 Å². The number of Topliss-reactive ketones (excluding diaryl/α,β-unsaturated/α-hetero) is 2. The zero-order valence-electron chi connectivity index (χ0n) is 13.3. The van der Waals surface area contributed by atoms with Gasteiger partial charge in [0, 0.05) is 24.7 Å². The van der Waals surface area contributed by atoms with Gasteiger partial charge in [0.2, 0.25) is 0 Å². The number of ketones is 2. The van der Waals surface area contributed by atoms with Crippen LogP contribution in [0.15, 0.2) is 11.1 Å².